The summed E-state index contributed by atoms with van der Waals surface area (Å²) in [5.41, 5.74) is 0.367. The van der Waals surface area contributed by atoms with E-state index >= 15 is 0 Å². The molecule has 0 aliphatic heterocycles. The van der Waals surface area contributed by atoms with Crippen molar-refractivity contribution in [2.45, 2.75) is 5.88 Å². The Morgan fingerprint density at radius 3 is 2.36 bits per heavy atom. The monoisotopic (exact) mass is 204 g/mol. The molecule has 58 valence electrons. The van der Waals surface area contributed by atoms with E-state index in [2.05, 4.69) is 0 Å². The molecule has 4 heteroatoms. The molecule has 0 aliphatic carbocycles. The summed E-state index contributed by atoms with van der Waals surface area (Å²) in [5.74, 6) is -0.228. The highest BCUT2D eigenvalue weighted by Crippen LogP contribution is 2.20. The van der Waals surface area contributed by atoms with Gasteiger partial charge in [-0.2, -0.15) is 0 Å². The Labute approximate surface area is 90.8 Å². The molecule has 11 heavy (non-hydrogen) atoms. The molecule has 1 rings (SSSR count). The minimum atomic E-state index is -0.345. The van der Waals surface area contributed by atoms with Gasteiger partial charge in [0.1, 0.15) is 5.82 Å². The summed E-state index contributed by atoms with van der Waals surface area (Å²) in [6, 6.07) is 4.50. The van der Waals surface area contributed by atoms with Gasteiger partial charge in [0.05, 0.1) is 5.88 Å². The Morgan fingerprint density at radius 1 is 1.36 bits per heavy atom. The van der Waals surface area contributed by atoms with Crippen LogP contribution in [0.5, 0.6) is 0 Å². The van der Waals surface area contributed by atoms with Gasteiger partial charge in [0.2, 0.25) is 0 Å². The van der Waals surface area contributed by atoms with Crippen LogP contribution in [0.3, 0.4) is 0 Å². The van der Waals surface area contributed by atoms with E-state index in [9.17, 15) is 4.39 Å². The lowest BCUT2D eigenvalue weighted by atomic mass is 10.2. The summed E-state index contributed by atoms with van der Waals surface area (Å²) < 4.78 is 12.7. The van der Waals surface area contributed by atoms with Crippen molar-refractivity contribution in [3.05, 3.63) is 34.6 Å². The number of alkyl halides is 1. The smallest absolute Gasteiger partial charge is 0.207 e. The van der Waals surface area contributed by atoms with Gasteiger partial charge < -0.3 is 0 Å². The van der Waals surface area contributed by atoms with Crippen LogP contribution in [0, 0.1) is 5.82 Å². The Balaban J connectivity index is 0.000001000. The second kappa shape index (κ2) is 5.20. The van der Waals surface area contributed by atoms with Gasteiger partial charge in [0.15, 0.2) is 0 Å². The lowest BCUT2D eigenvalue weighted by molar-refractivity contribution is 0.617. The molecule has 1 aromatic carbocycles. The standard InChI is InChI=1S/C7H5Cl2F.Mg.2H/c8-4-5-6(9)2-1-3-7(5)10;;;/h1-3H,4H2;;;. The van der Waals surface area contributed by atoms with E-state index < -0.39 is 0 Å². The number of hydrogen-bond acceptors (Lipinski definition) is 0. The molecule has 0 radical (unpaired) electrons. The zero-order valence-corrected chi connectivity index (χ0v) is 6.58. The number of rotatable bonds is 1. The maximum absolute atomic E-state index is 12.7. The maximum atomic E-state index is 12.7. The minimum absolute atomic E-state index is 0. The molecule has 0 amide bonds. The van der Waals surface area contributed by atoms with Crippen LogP contribution >= 0.6 is 23.2 Å². The number of hydrogen-bond donors (Lipinski definition) is 0. The van der Waals surface area contributed by atoms with Crippen LogP contribution < -0.4 is 0 Å². The van der Waals surface area contributed by atoms with Crippen LogP contribution in [0.25, 0.3) is 0 Å². The fourth-order valence-electron chi connectivity index (χ4n) is 0.660. The lowest BCUT2D eigenvalue weighted by Gasteiger charge is -1.98. The van der Waals surface area contributed by atoms with Crippen LogP contribution in [-0.4, -0.2) is 23.1 Å². The van der Waals surface area contributed by atoms with Crippen LogP contribution in [0.2, 0.25) is 5.02 Å². The lowest BCUT2D eigenvalue weighted by Crippen LogP contribution is -1.85. The molecule has 0 saturated carbocycles. The van der Waals surface area contributed by atoms with Gasteiger partial charge in [-0.25, -0.2) is 4.39 Å². The molecular formula is C7H7Cl2FMg. The molecule has 0 nitrogen and oxygen atoms in total. The van der Waals surface area contributed by atoms with Crippen LogP contribution in [0.4, 0.5) is 4.39 Å². The zero-order valence-electron chi connectivity index (χ0n) is 5.07. The molecule has 0 aliphatic rings. The average molecular weight is 205 g/mol. The quantitative estimate of drug-likeness (QED) is 0.487. The normalized spacial score (nSPS) is 9.00. The number of benzene rings is 1. The van der Waals surface area contributed by atoms with Crippen molar-refractivity contribution in [1.82, 2.24) is 0 Å². The van der Waals surface area contributed by atoms with Crippen molar-refractivity contribution in [2.75, 3.05) is 0 Å². The molecule has 0 aromatic heterocycles. The molecule has 0 N–H and O–H groups in total. The minimum Gasteiger partial charge on any atom is -0.207 e. The van der Waals surface area contributed by atoms with Gasteiger partial charge in [0.25, 0.3) is 0 Å². The second-order valence-electron chi connectivity index (χ2n) is 1.83. The predicted octanol–water partition coefficient (Wildman–Crippen LogP) is 2.30. The van der Waals surface area contributed by atoms with Crippen molar-refractivity contribution < 1.29 is 4.39 Å². The molecule has 0 fully saturated rings. The van der Waals surface area contributed by atoms with Crippen molar-refractivity contribution >= 4 is 46.3 Å². The molecule has 0 heterocycles. The molecule has 0 spiro atoms. The molecule has 0 atom stereocenters. The summed E-state index contributed by atoms with van der Waals surface area (Å²) in [5, 5.41) is 0.384. The largest absolute Gasteiger partial charge is 0.316 e. The third-order valence-electron chi connectivity index (χ3n) is 1.20. The Bertz CT molecular complexity index is 220. The van der Waals surface area contributed by atoms with Crippen LogP contribution in [0.1, 0.15) is 5.56 Å². The summed E-state index contributed by atoms with van der Waals surface area (Å²) in [7, 11) is 0. The van der Waals surface area contributed by atoms with E-state index in [4.69, 9.17) is 23.2 Å². The summed E-state index contributed by atoms with van der Waals surface area (Å²) in [4.78, 5) is 0. The van der Waals surface area contributed by atoms with Crippen molar-refractivity contribution in [3.63, 3.8) is 0 Å². The van der Waals surface area contributed by atoms with Crippen LogP contribution in [0.15, 0.2) is 18.2 Å². The fourth-order valence-corrected chi connectivity index (χ4v) is 1.23. The van der Waals surface area contributed by atoms with E-state index in [0.29, 0.717) is 10.6 Å². The van der Waals surface area contributed by atoms with E-state index in [0.717, 1.165) is 0 Å². The van der Waals surface area contributed by atoms with E-state index in [1.54, 1.807) is 12.1 Å². The molecule has 0 saturated heterocycles. The van der Waals surface area contributed by atoms with Crippen molar-refractivity contribution in [3.8, 4) is 0 Å². The fraction of sp³-hybridized carbons (Fsp3) is 0.143. The summed E-state index contributed by atoms with van der Waals surface area (Å²) in [6.45, 7) is 0. The van der Waals surface area contributed by atoms with Gasteiger partial charge in [0, 0.05) is 10.6 Å². The molecule has 1 aromatic rings. The van der Waals surface area contributed by atoms with Crippen LogP contribution in [-0.2, 0) is 5.88 Å². The molecule has 0 bridgehead atoms. The highest BCUT2D eigenvalue weighted by Gasteiger charge is 2.03. The molecular weight excluding hydrogens is 198 g/mol. The van der Waals surface area contributed by atoms with E-state index in [-0.39, 0.29) is 34.8 Å². The zero-order chi connectivity index (χ0) is 7.56. The Morgan fingerprint density at radius 2 is 2.00 bits per heavy atom. The van der Waals surface area contributed by atoms with Crippen molar-refractivity contribution in [1.29, 1.82) is 0 Å². The first-order chi connectivity index (χ1) is 4.75. The highest BCUT2D eigenvalue weighted by atomic mass is 35.5. The summed E-state index contributed by atoms with van der Waals surface area (Å²) >= 11 is 11.0. The van der Waals surface area contributed by atoms with Gasteiger partial charge >= 0.3 is 23.1 Å². The first kappa shape index (κ1) is 11.5. The highest BCUT2D eigenvalue weighted by molar-refractivity contribution is 6.32. The van der Waals surface area contributed by atoms with Gasteiger partial charge in [-0.1, -0.05) is 17.7 Å². The Kier molecular flexibility index (Phi) is 5.43. The Hall–Kier alpha value is 0.496. The summed E-state index contributed by atoms with van der Waals surface area (Å²) in [6.07, 6.45) is 0. The van der Waals surface area contributed by atoms with Gasteiger partial charge in [-0.05, 0) is 12.1 Å². The first-order valence-corrected chi connectivity index (χ1v) is 3.66. The number of halogens is 3. The molecule has 0 unspecified atom stereocenters. The maximum Gasteiger partial charge on any atom is 0.316 e. The van der Waals surface area contributed by atoms with Gasteiger partial charge in [-0.3, -0.25) is 0 Å². The third kappa shape index (κ3) is 2.78. The average Bonchev–Trinajstić information content (AvgIpc) is 1.88. The first-order valence-electron chi connectivity index (χ1n) is 2.74. The topological polar surface area (TPSA) is 0 Å². The van der Waals surface area contributed by atoms with E-state index in [1.165, 1.54) is 6.07 Å². The van der Waals surface area contributed by atoms with Crippen molar-refractivity contribution in [2.24, 2.45) is 0 Å². The third-order valence-corrected chi connectivity index (χ3v) is 1.82. The SMILES string of the molecule is Fc1cccc(Cl)c1CCl.[MgH2]. The predicted molar refractivity (Wildman–Crippen MR) is 49.5 cm³/mol. The second-order valence-corrected chi connectivity index (χ2v) is 2.51. The van der Waals surface area contributed by atoms with Gasteiger partial charge in [-0.15, -0.1) is 11.6 Å². The van der Waals surface area contributed by atoms with E-state index in [1.807, 2.05) is 0 Å².